The van der Waals surface area contributed by atoms with Gasteiger partial charge in [0.1, 0.15) is 11.6 Å². The van der Waals surface area contributed by atoms with E-state index in [1.54, 1.807) is 14.2 Å². The van der Waals surface area contributed by atoms with E-state index in [9.17, 15) is 0 Å². The van der Waals surface area contributed by atoms with Crippen molar-refractivity contribution < 1.29 is 14.2 Å². The monoisotopic (exact) mass is 320 g/mol. The lowest BCUT2D eigenvalue weighted by Gasteiger charge is -2.26. The van der Waals surface area contributed by atoms with Crippen LogP contribution in [0.1, 0.15) is 56.6 Å². The van der Waals surface area contributed by atoms with Gasteiger partial charge in [0, 0.05) is 25.3 Å². The third-order valence-electron chi connectivity index (χ3n) is 4.25. The molecule has 0 unspecified atom stereocenters. The van der Waals surface area contributed by atoms with Gasteiger partial charge in [-0.15, -0.1) is 0 Å². The average molecular weight is 320 g/mol. The lowest BCUT2D eigenvalue weighted by atomic mass is 10.1. The number of hydrogen-bond acceptors (Lipinski definition) is 4. The summed E-state index contributed by atoms with van der Waals surface area (Å²) in [5.41, 5.74) is 1.56. The first-order valence-electron chi connectivity index (χ1n) is 8.41. The number of fused-ring (bicyclic) bond motifs is 1. The van der Waals surface area contributed by atoms with Crippen LogP contribution in [-0.2, 0) is 15.4 Å². The Kier molecular flexibility index (Phi) is 6.42. The minimum absolute atomic E-state index is 0.297. The van der Waals surface area contributed by atoms with Crippen molar-refractivity contribution in [3.05, 3.63) is 29.3 Å². The first kappa shape index (κ1) is 17.8. The Labute approximate surface area is 138 Å². The summed E-state index contributed by atoms with van der Waals surface area (Å²) in [4.78, 5) is 0. The molecular formula is C18H28N2O3. The molecule has 0 saturated heterocycles. The zero-order chi connectivity index (χ0) is 16.7. The fourth-order valence-corrected chi connectivity index (χ4v) is 2.88. The standard InChI is InChI=1S/C18H28N2O3/c1-4-5-6-7-8-9-12-23-14-10-11-15-16(13-14)18(21-2,22-3)20-17(15)19/h10-11,13H,4-9,12H2,1-3H3,(H2,19,20). The maximum absolute atomic E-state index is 8.00. The molecular weight excluding hydrogens is 292 g/mol. The Morgan fingerprint density at radius 1 is 1.04 bits per heavy atom. The van der Waals surface area contributed by atoms with Gasteiger partial charge in [0.05, 0.1) is 6.61 Å². The summed E-state index contributed by atoms with van der Waals surface area (Å²) in [7, 11) is 3.12. The van der Waals surface area contributed by atoms with Gasteiger partial charge in [0.15, 0.2) is 0 Å². The molecule has 2 N–H and O–H groups in total. The van der Waals surface area contributed by atoms with Gasteiger partial charge < -0.3 is 19.5 Å². The average Bonchev–Trinajstić information content (AvgIpc) is 2.86. The van der Waals surface area contributed by atoms with Crippen molar-refractivity contribution in [1.29, 1.82) is 5.41 Å². The molecule has 5 heteroatoms. The van der Waals surface area contributed by atoms with Crippen LogP contribution in [0.4, 0.5) is 0 Å². The van der Waals surface area contributed by atoms with Crippen LogP contribution in [0.2, 0.25) is 0 Å². The highest BCUT2D eigenvalue weighted by Crippen LogP contribution is 2.35. The Morgan fingerprint density at radius 2 is 1.74 bits per heavy atom. The normalized spacial score (nSPS) is 15.3. The van der Waals surface area contributed by atoms with Crippen LogP contribution in [0, 0.1) is 5.41 Å². The maximum Gasteiger partial charge on any atom is 0.279 e. The number of benzene rings is 1. The van der Waals surface area contributed by atoms with E-state index >= 15 is 0 Å². The number of unbranched alkanes of at least 4 members (excludes halogenated alkanes) is 5. The summed E-state index contributed by atoms with van der Waals surface area (Å²) in [6, 6.07) is 5.67. The third-order valence-corrected chi connectivity index (χ3v) is 4.25. The predicted molar refractivity (Wildman–Crippen MR) is 91.0 cm³/mol. The highest BCUT2D eigenvalue weighted by Gasteiger charge is 2.42. The van der Waals surface area contributed by atoms with Gasteiger partial charge in [-0.25, -0.2) is 0 Å². The lowest BCUT2D eigenvalue weighted by Crippen LogP contribution is -2.42. The van der Waals surface area contributed by atoms with Crippen LogP contribution in [0.3, 0.4) is 0 Å². The molecule has 0 aromatic heterocycles. The van der Waals surface area contributed by atoms with Gasteiger partial charge in [0.25, 0.3) is 5.91 Å². The summed E-state index contributed by atoms with van der Waals surface area (Å²) in [6.45, 7) is 2.94. The molecule has 1 aromatic carbocycles. The maximum atomic E-state index is 8.00. The summed E-state index contributed by atoms with van der Waals surface area (Å²) in [5.74, 6) is -0.00943. The van der Waals surface area contributed by atoms with Crippen LogP contribution < -0.4 is 10.1 Å². The van der Waals surface area contributed by atoms with E-state index in [1.165, 1.54) is 32.1 Å². The number of hydrogen-bond donors (Lipinski definition) is 2. The van der Waals surface area contributed by atoms with Gasteiger partial charge in [-0.05, 0) is 24.6 Å². The van der Waals surface area contributed by atoms with E-state index in [4.69, 9.17) is 19.6 Å². The van der Waals surface area contributed by atoms with Crippen molar-refractivity contribution in [1.82, 2.24) is 5.32 Å². The Morgan fingerprint density at radius 3 is 2.43 bits per heavy atom. The van der Waals surface area contributed by atoms with Gasteiger partial charge in [-0.2, -0.15) is 0 Å². The summed E-state index contributed by atoms with van der Waals surface area (Å²) in [5, 5.41) is 10.9. The minimum Gasteiger partial charge on any atom is -0.494 e. The van der Waals surface area contributed by atoms with Crippen LogP contribution >= 0.6 is 0 Å². The molecule has 2 rings (SSSR count). The molecule has 5 nitrogen and oxygen atoms in total. The van der Waals surface area contributed by atoms with Crippen molar-refractivity contribution in [2.24, 2.45) is 0 Å². The van der Waals surface area contributed by atoms with E-state index in [2.05, 4.69) is 12.2 Å². The zero-order valence-electron chi connectivity index (χ0n) is 14.4. The molecule has 0 atom stereocenters. The quantitative estimate of drug-likeness (QED) is 0.509. The molecule has 0 radical (unpaired) electrons. The van der Waals surface area contributed by atoms with E-state index < -0.39 is 5.91 Å². The largest absolute Gasteiger partial charge is 0.494 e. The van der Waals surface area contributed by atoms with Crippen LogP contribution in [-0.4, -0.2) is 26.7 Å². The molecule has 1 aromatic rings. The van der Waals surface area contributed by atoms with Gasteiger partial charge >= 0.3 is 0 Å². The smallest absolute Gasteiger partial charge is 0.279 e. The second-order valence-corrected chi connectivity index (χ2v) is 5.85. The first-order chi connectivity index (χ1) is 11.2. The molecule has 0 bridgehead atoms. The Balaban J connectivity index is 1.92. The lowest BCUT2D eigenvalue weighted by molar-refractivity contribution is -0.223. The van der Waals surface area contributed by atoms with Crippen molar-refractivity contribution in [2.45, 2.75) is 51.4 Å². The summed E-state index contributed by atoms with van der Waals surface area (Å²) in [6.07, 6.45) is 7.45. The molecule has 0 aliphatic carbocycles. The van der Waals surface area contributed by atoms with Crippen molar-refractivity contribution >= 4 is 5.84 Å². The second kappa shape index (κ2) is 8.31. The minimum atomic E-state index is -1.09. The second-order valence-electron chi connectivity index (χ2n) is 5.85. The first-order valence-corrected chi connectivity index (χ1v) is 8.41. The number of rotatable bonds is 10. The Bertz CT molecular complexity index is 527. The Hall–Kier alpha value is -1.59. The molecule has 1 heterocycles. The fraction of sp³-hybridized carbons (Fsp3) is 0.611. The predicted octanol–water partition coefficient (Wildman–Crippen LogP) is 3.76. The van der Waals surface area contributed by atoms with E-state index in [1.807, 2.05) is 18.2 Å². The molecule has 1 aliphatic rings. The highest BCUT2D eigenvalue weighted by molar-refractivity contribution is 6.01. The van der Waals surface area contributed by atoms with Crippen LogP contribution in [0.15, 0.2) is 18.2 Å². The van der Waals surface area contributed by atoms with E-state index in [0.29, 0.717) is 12.4 Å². The number of nitrogens with one attached hydrogen (secondary N) is 2. The van der Waals surface area contributed by atoms with Crippen LogP contribution in [0.5, 0.6) is 5.75 Å². The molecule has 0 fully saturated rings. The zero-order valence-corrected chi connectivity index (χ0v) is 14.4. The SMILES string of the molecule is CCCCCCCCOc1ccc2c(c1)C(OC)(OC)NC2=N. The van der Waals surface area contributed by atoms with Gasteiger partial charge in [-0.3, -0.25) is 5.41 Å². The number of ether oxygens (including phenoxy) is 3. The van der Waals surface area contributed by atoms with Gasteiger partial charge in [0.2, 0.25) is 0 Å². The van der Waals surface area contributed by atoms with Crippen molar-refractivity contribution in [3.8, 4) is 5.75 Å². The summed E-state index contributed by atoms with van der Waals surface area (Å²) >= 11 is 0. The molecule has 0 amide bonds. The van der Waals surface area contributed by atoms with Crippen LogP contribution in [0.25, 0.3) is 0 Å². The number of amidine groups is 1. The molecule has 0 spiro atoms. The summed E-state index contributed by atoms with van der Waals surface area (Å²) < 4.78 is 16.7. The molecule has 128 valence electrons. The van der Waals surface area contributed by atoms with E-state index in [-0.39, 0.29) is 0 Å². The third kappa shape index (κ3) is 4.03. The highest BCUT2D eigenvalue weighted by atomic mass is 16.7. The van der Waals surface area contributed by atoms with E-state index in [0.717, 1.165) is 23.3 Å². The molecule has 1 aliphatic heterocycles. The van der Waals surface area contributed by atoms with Crippen molar-refractivity contribution in [2.75, 3.05) is 20.8 Å². The fourth-order valence-electron chi connectivity index (χ4n) is 2.88. The molecule has 23 heavy (non-hydrogen) atoms. The molecule has 0 saturated carbocycles. The van der Waals surface area contributed by atoms with Crippen molar-refractivity contribution in [3.63, 3.8) is 0 Å². The van der Waals surface area contributed by atoms with Gasteiger partial charge in [-0.1, -0.05) is 39.0 Å². The topological polar surface area (TPSA) is 63.6 Å². The number of methoxy groups -OCH3 is 2.